The molecule has 3 rings (SSSR count). The Hall–Kier alpha value is -2.22. The van der Waals surface area contributed by atoms with Crippen LogP contribution in [0.3, 0.4) is 0 Å². The van der Waals surface area contributed by atoms with Gasteiger partial charge in [-0.05, 0) is 12.8 Å². The Kier molecular flexibility index (Phi) is 4.89. The van der Waals surface area contributed by atoms with E-state index in [0.29, 0.717) is 11.5 Å². The quantitative estimate of drug-likeness (QED) is 0.856. The first-order valence-electron chi connectivity index (χ1n) is 7.92. The molecule has 1 aromatic carbocycles. The van der Waals surface area contributed by atoms with Crippen LogP contribution >= 0.6 is 0 Å². The van der Waals surface area contributed by atoms with Gasteiger partial charge in [0.1, 0.15) is 5.82 Å². The molecule has 0 bridgehead atoms. The lowest BCUT2D eigenvalue weighted by atomic mass is 9.96. The molecule has 1 aliphatic heterocycles. The largest absolute Gasteiger partial charge is 0.392 e. The molecule has 0 radical (unpaired) electrons. The molecule has 1 fully saturated rings. The SMILES string of the molecule is OCc1cccc(-c2cnc(N3CCC(C(F)(F)F)CC3)nc2)c1F. The highest BCUT2D eigenvalue weighted by molar-refractivity contribution is 5.63. The van der Waals surface area contributed by atoms with Gasteiger partial charge in [-0.25, -0.2) is 14.4 Å². The number of nitrogens with zero attached hydrogens (tertiary/aromatic N) is 3. The average molecular weight is 355 g/mol. The van der Waals surface area contributed by atoms with Crippen LogP contribution in [0.1, 0.15) is 18.4 Å². The molecule has 134 valence electrons. The van der Waals surface area contributed by atoms with Crippen molar-refractivity contribution in [2.24, 2.45) is 5.92 Å². The molecule has 8 heteroatoms. The predicted octanol–water partition coefficient (Wildman–Crippen LogP) is 3.55. The van der Waals surface area contributed by atoms with Crippen molar-refractivity contribution in [1.82, 2.24) is 9.97 Å². The van der Waals surface area contributed by atoms with Gasteiger partial charge in [0.05, 0.1) is 12.5 Å². The molecule has 0 spiro atoms. The first-order valence-corrected chi connectivity index (χ1v) is 7.92. The smallest absolute Gasteiger partial charge is 0.391 e. The Morgan fingerprint density at radius 2 is 1.76 bits per heavy atom. The molecular formula is C17H17F4N3O. The second-order valence-corrected chi connectivity index (χ2v) is 6.01. The molecule has 0 aliphatic carbocycles. The first kappa shape index (κ1) is 17.6. The average Bonchev–Trinajstić information content (AvgIpc) is 2.61. The second kappa shape index (κ2) is 6.95. The van der Waals surface area contributed by atoms with Gasteiger partial charge in [0.2, 0.25) is 5.95 Å². The van der Waals surface area contributed by atoms with Crippen LogP contribution in [0.4, 0.5) is 23.5 Å². The molecule has 25 heavy (non-hydrogen) atoms. The highest BCUT2D eigenvalue weighted by atomic mass is 19.4. The van der Waals surface area contributed by atoms with Crippen LogP contribution in [0.15, 0.2) is 30.6 Å². The summed E-state index contributed by atoms with van der Waals surface area (Å²) >= 11 is 0. The maximum atomic E-state index is 14.2. The minimum absolute atomic E-state index is 0.0157. The standard InChI is InChI=1S/C17H17F4N3O/c18-15-11(10-25)2-1-3-14(15)12-8-22-16(23-9-12)24-6-4-13(5-7-24)17(19,20)21/h1-3,8-9,13,25H,4-7,10H2. The van der Waals surface area contributed by atoms with Gasteiger partial charge in [-0.3, -0.25) is 0 Å². The number of aliphatic hydroxyl groups excluding tert-OH is 1. The van der Waals surface area contributed by atoms with Crippen LogP contribution in [-0.4, -0.2) is 34.3 Å². The third kappa shape index (κ3) is 3.73. The lowest BCUT2D eigenvalue weighted by Crippen LogP contribution is -2.39. The van der Waals surface area contributed by atoms with E-state index in [1.165, 1.54) is 18.5 Å². The Bertz CT molecular complexity index is 726. The van der Waals surface area contributed by atoms with Crippen molar-refractivity contribution in [3.63, 3.8) is 0 Å². The van der Waals surface area contributed by atoms with Crippen molar-refractivity contribution in [3.05, 3.63) is 42.0 Å². The molecular weight excluding hydrogens is 338 g/mol. The number of halogens is 4. The molecule has 0 saturated carbocycles. The van der Waals surface area contributed by atoms with Crippen molar-refractivity contribution in [1.29, 1.82) is 0 Å². The van der Waals surface area contributed by atoms with E-state index in [1.54, 1.807) is 17.0 Å². The topological polar surface area (TPSA) is 49.3 Å². The van der Waals surface area contributed by atoms with Crippen LogP contribution in [0.25, 0.3) is 11.1 Å². The van der Waals surface area contributed by atoms with E-state index in [-0.39, 0.29) is 37.1 Å². The first-order chi connectivity index (χ1) is 11.9. The minimum atomic E-state index is -4.16. The number of anilines is 1. The molecule has 0 amide bonds. The Balaban J connectivity index is 1.74. The third-order valence-corrected chi connectivity index (χ3v) is 4.44. The molecule has 1 N–H and O–H groups in total. The van der Waals surface area contributed by atoms with E-state index in [2.05, 4.69) is 9.97 Å². The van der Waals surface area contributed by atoms with Crippen molar-refractivity contribution in [2.75, 3.05) is 18.0 Å². The van der Waals surface area contributed by atoms with Crippen LogP contribution in [0.2, 0.25) is 0 Å². The van der Waals surface area contributed by atoms with E-state index >= 15 is 0 Å². The molecule has 1 aromatic heterocycles. The van der Waals surface area contributed by atoms with Gasteiger partial charge >= 0.3 is 6.18 Å². The number of aromatic nitrogens is 2. The number of benzene rings is 1. The van der Waals surface area contributed by atoms with Gasteiger partial charge < -0.3 is 10.0 Å². The lowest BCUT2D eigenvalue weighted by molar-refractivity contribution is -0.179. The van der Waals surface area contributed by atoms with Crippen molar-refractivity contribution < 1.29 is 22.7 Å². The number of piperidine rings is 1. The van der Waals surface area contributed by atoms with E-state index < -0.39 is 24.5 Å². The number of hydrogen-bond donors (Lipinski definition) is 1. The summed E-state index contributed by atoms with van der Waals surface area (Å²) in [7, 11) is 0. The summed E-state index contributed by atoms with van der Waals surface area (Å²) in [5.74, 6) is -1.48. The summed E-state index contributed by atoms with van der Waals surface area (Å²) in [6, 6.07) is 4.67. The fraction of sp³-hybridized carbons (Fsp3) is 0.412. The van der Waals surface area contributed by atoms with Crippen LogP contribution in [-0.2, 0) is 6.61 Å². The maximum Gasteiger partial charge on any atom is 0.391 e. The van der Waals surface area contributed by atoms with Gasteiger partial charge in [0.25, 0.3) is 0 Å². The zero-order valence-corrected chi connectivity index (χ0v) is 13.3. The normalized spacial score (nSPS) is 16.3. The summed E-state index contributed by atoms with van der Waals surface area (Å²) in [6.07, 6.45) is -1.24. The van der Waals surface area contributed by atoms with Gasteiger partial charge in [-0.1, -0.05) is 18.2 Å². The number of hydrogen-bond acceptors (Lipinski definition) is 4. The van der Waals surface area contributed by atoms with Crippen molar-refractivity contribution in [2.45, 2.75) is 25.6 Å². The van der Waals surface area contributed by atoms with Gasteiger partial charge in [-0.15, -0.1) is 0 Å². The minimum Gasteiger partial charge on any atom is -0.392 e. The van der Waals surface area contributed by atoms with E-state index in [4.69, 9.17) is 5.11 Å². The second-order valence-electron chi connectivity index (χ2n) is 6.01. The van der Waals surface area contributed by atoms with Crippen molar-refractivity contribution >= 4 is 5.95 Å². The summed E-state index contributed by atoms with van der Waals surface area (Å²) in [5.41, 5.74) is 0.895. The third-order valence-electron chi connectivity index (χ3n) is 4.44. The lowest BCUT2D eigenvalue weighted by Gasteiger charge is -2.32. The molecule has 0 atom stereocenters. The highest BCUT2D eigenvalue weighted by Crippen LogP contribution is 2.35. The van der Waals surface area contributed by atoms with Crippen LogP contribution in [0.5, 0.6) is 0 Å². The van der Waals surface area contributed by atoms with Crippen LogP contribution in [0, 0.1) is 11.7 Å². The Morgan fingerprint density at radius 3 is 2.32 bits per heavy atom. The van der Waals surface area contributed by atoms with Crippen LogP contribution < -0.4 is 4.90 Å². The highest BCUT2D eigenvalue weighted by Gasteiger charge is 2.41. The Labute approximate surface area is 142 Å². The molecule has 2 heterocycles. The fourth-order valence-electron chi connectivity index (χ4n) is 2.96. The van der Waals surface area contributed by atoms with Gasteiger partial charge in [-0.2, -0.15) is 13.2 Å². The summed E-state index contributed by atoms with van der Waals surface area (Å²) in [4.78, 5) is 10.0. The maximum absolute atomic E-state index is 14.2. The number of rotatable bonds is 3. The zero-order chi connectivity index (χ0) is 18.0. The molecule has 4 nitrogen and oxygen atoms in total. The molecule has 1 saturated heterocycles. The monoisotopic (exact) mass is 355 g/mol. The van der Waals surface area contributed by atoms with E-state index in [9.17, 15) is 17.6 Å². The molecule has 2 aromatic rings. The Morgan fingerprint density at radius 1 is 1.12 bits per heavy atom. The molecule has 0 unspecified atom stereocenters. The summed E-state index contributed by atoms with van der Waals surface area (Å²) < 4.78 is 52.4. The number of alkyl halides is 3. The van der Waals surface area contributed by atoms with Gasteiger partial charge in [0, 0.05) is 42.2 Å². The van der Waals surface area contributed by atoms with E-state index in [0.717, 1.165) is 0 Å². The summed E-state index contributed by atoms with van der Waals surface area (Å²) in [5, 5.41) is 9.12. The predicted molar refractivity (Wildman–Crippen MR) is 84.3 cm³/mol. The van der Waals surface area contributed by atoms with Crippen molar-refractivity contribution in [3.8, 4) is 11.1 Å². The van der Waals surface area contributed by atoms with Gasteiger partial charge in [0.15, 0.2) is 0 Å². The number of aliphatic hydroxyl groups is 1. The summed E-state index contributed by atoms with van der Waals surface area (Å²) in [6.45, 7) is 0.0581. The van der Waals surface area contributed by atoms with E-state index in [1.807, 2.05) is 0 Å². The molecule has 1 aliphatic rings. The fourth-order valence-corrected chi connectivity index (χ4v) is 2.96. The zero-order valence-electron chi connectivity index (χ0n) is 13.3.